The minimum absolute atomic E-state index is 0.0154. The Morgan fingerprint density at radius 2 is 1.69 bits per heavy atom. The molecule has 1 aliphatic carbocycles. The van der Waals surface area contributed by atoms with Gasteiger partial charge in [0.15, 0.2) is 5.75 Å². The number of rotatable bonds is 7. The number of halogens is 2. The lowest BCUT2D eigenvalue weighted by atomic mass is 9.98. The Kier molecular flexibility index (Phi) is 7.36. The van der Waals surface area contributed by atoms with Crippen LogP contribution in [0.4, 0.5) is 14.5 Å². The molecule has 0 amide bonds. The predicted octanol–water partition coefficient (Wildman–Crippen LogP) is 1.76. The van der Waals surface area contributed by atoms with E-state index in [-0.39, 0.29) is 43.7 Å². The zero-order chi connectivity index (χ0) is 25.2. The van der Waals surface area contributed by atoms with E-state index in [1.165, 1.54) is 6.20 Å². The zero-order valence-electron chi connectivity index (χ0n) is 18.9. The summed E-state index contributed by atoms with van der Waals surface area (Å²) in [6.07, 6.45) is 5.66. The van der Waals surface area contributed by atoms with Crippen LogP contribution in [0, 0.1) is 11.6 Å². The molecule has 0 spiro atoms. The molecule has 2 fully saturated rings. The van der Waals surface area contributed by atoms with E-state index in [4.69, 9.17) is 9.84 Å². The van der Waals surface area contributed by atoms with E-state index in [0.29, 0.717) is 11.8 Å². The first-order chi connectivity index (χ1) is 16.6. The summed E-state index contributed by atoms with van der Waals surface area (Å²) < 4.78 is 60.2. The zero-order valence-corrected chi connectivity index (χ0v) is 19.7. The summed E-state index contributed by atoms with van der Waals surface area (Å²) in [4.78, 5) is 26.0. The molecule has 1 aliphatic heterocycles. The summed E-state index contributed by atoms with van der Waals surface area (Å²) in [5.41, 5.74) is -0.417. The van der Waals surface area contributed by atoms with Crippen molar-refractivity contribution in [3.8, 4) is 11.4 Å². The Morgan fingerprint density at radius 3 is 2.29 bits per heavy atom. The molecule has 1 saturated carbocycles. The van der Waals surface area contributed by atoms with Crippen molar-refractivity contribution in [3.63, 3.8) is 0 Å². The molecular weight excluding hydrogens is 486 g/mol. The molecule has 2 heterocycles. The molecule has 1 aromatic heterocycles. The average Bonchev–Trinajstić information content (AvgIpc) is 2.79. The first-order valence-electron chi connectivity index (χ1n) is 11.3. The molecule has 35 heavy (non-hydrogen) atoms. The fourth-order valence-corrected chi connectivity index (χ4v) is 5.63. The van der Waals surface area contributed by atoms with Gasteiger partial charge in [0.2, 0.25) is 15.8 Å². The molecule has 0 radical (unpaired) electrons. The van der Waals surface area contributed by atoms with Crippen LogP contribution in [0.1, 0.15) is 32.1 Å². The van der Waals surface area contributed by atoms with Gasteiger partial charge in [-0.25, -0.2) is 17.2 Å². The highest BCUT2D eigenvalue weighted by atomic mass is 32.2. The third-order valence-corrected chi connectivity index (χ3v) is 7.89. The Bertz CT molecular complexity index is 1230. The number of ether oxygens (including phenoxy) is 1. The van der Waals surface area contributed by atoms with E-state index in [9.17, 15) is 26.8 Å². The van der Waals surface area contributed by atoms with Gasteiger partial charge < -0.3 is 14.7 Å². The number of carboxylic acids is 1. The van der Waals surface area contributed by atoms with Crippen LogP contribution in [-0.2, 0) is 14.8 Å². The van der Waals surface area contributed by atoms with E-state index < -0.39 is 38.9 Å². The largest absolute Gasteiger partial charge is 0.483 e. The topological polar surface area (TPSA) is 122 Å². The second-order valence-electron chi connectivity index (χ2n) is 8.62. The Balaban J connectivity index is 1.65. The predicted molar refractivity (Wildman–Crippen MR) is 122 cm³/mol. The van der Waals surface area contributed by atoms with Crippen molar-refractivity contribution < 1.29 is 31.8 Å². The third-order valence-electron chi connectivity index (χ3n) is 6.12. The second kappa shape index (κ2) is 10.3. The van der Waals surface area contributed by atoms with Gasteiger partial charge in [0.25, 0.3) is 0 Å². The fraction of sp³-hybridized carbons (Fsp3) is 0.500. The van der Waals surface area contributed by atoms with Crippen molar-refractivity contribution in [3.05, 3.63) is 46.4 Å². The number of hydrogen-bond acceptors (Lipinski definition) is 7. The van der Waals surface area contributed by atoms with E-state index in [0.717, 1.165) is 53.2 Å². The molecule has 0 bridgehead atoms. The molecule has 10 nitrogen and oxygen atoms in total. The Labute approximate surface area is 200 Å². The number of piperazine rings is 1. The number of aromatic nitrogens is 2. The van der Waals surface area contributed by atoms with E-state index in [1.807, 2.05) is 0 Å². The van der Waals surface area contributed by atoms with Crippen LogP contribution in [0.25, 0.3) is 5.69 Å². The van der Waals surface area contributed by atoms with E-state index in [1.54, 1.807) is 4.90 Å². The van der Waals surface area contributed by atoms with Crippen LogP contribution in [0.5, 0.6) is 5.75 Å². The smallest absolute Gasteiger partial charge is 0.320 e. The number of carbonyl (C=O) groups is 1. The summed E-state index contributed by atoms with van der Waals surface area (Å²) in [5.74, 6) is -4.15. The number of nitrogens with zero attached hydrogens (tertiary/aromatic N) is 4. The van der Waals surface area contributed by atoms with Gasteiger partial charge in [0, 0.05) is 32.2 Å². The van der Waals surface area contributed by atoms with Crippen LogP contribution in [0.3, 0.4) is 0 Å². The van der Waals surface area contributed by atoms with Crippen molar-refractivity contribution >= 4 is 21.7 Å². The number of hydrogen-bond donors (Lipinski definition) is 1. The molecular formula is C22H26F2N4O6S. The molecule has 0 unspecified atom stereocenters. The first-order valence-corrected chi connectivity index (χ1v) is 12.9. The Hall–Kier alpha value is -3.06. The highest BCUT2D eigenvalue weighted by Crippen LogP contribution is 2.30. The number of anilines is 1. The van der Waals surface area contributed by atoms with Gasteiger partial charge in [0.1, 0.15) is 17.3 Å². The Morgan fingerprint density at radius 1 is 1.06 bits per heavy atom. The number of carboxylic acid groups (broad SMARTS) is 1. The maximum atomic E-state index is 13.8. The minimum atomic E-state index is -3.96. The van der Waals surface area contributed by atoms with Gasteiger partial charge in [-0.2, -0.15) is 14.1 Å². The van der Waals surface area contributed by atoms with Crippen molar-refractivity contribution in [2.24, 2.45) is 0 Å². The van der Waals surface area contributed by atoms with Crippen molar-refractivity contribution in [1.82, 2.24) is 14.1 Å². The number of sulfonamides is 1. The molecule has 1 N–H and O–H groups in total. The van der Waals surface area contributed by atoms with E-state index in [2.05, 4.69) is 5.10 Å². The van der Waals surface area contributed by atoms with Gasteiger partial charge in [-0.15, -0.1) is 0 Å². The number of benzene rings is 1. The van der Waals surface area contributed by atoms with Gasteiger partial charge in [-0.3, -0.25) is 9.59 Å². The summed E-state index contributed by atoms with van der Waals surface area (Å²) in [6, 6.07) is 2.68. The second-order valence-corrected chi connectivity index (χ2v) is 10.6. The molecule has 1 aromatic carbocycles. The van der Waals surface area contributed by atoms with Crippen molar-refractivity contribution in [1.29, 1.82) is 0 Å². The maximum Gasteiger partial charge on any atom is 0.320 e. The van der Waals surface area contributed by atoms with Crippen LogP contribution in [0.15, 0.2) is 29.2 Å². The lowest BCUT2D eigenvalue weighted by Crippen LogP contribution is -2.50. The first kappa shape index (κ1) is 25.0. The van der Waals surface area contributed by atoms with Crippen molar-refractivity contribution in [2.75, 3.05) is 36.8 Å². The van der Waals surface area contributed by atoms with Crippen LogP contribution >= 0.6 is 0 Å². The summed E-state index contributed by atoms with van der Waals surface area (Å²) in [6.45, 7) is 0.409. The molecule has 2 aromatic rings. The minimum Gasteiger partial charge on any atom is -0.483 e. The summed E-state index contributed by atoms with van der Waals surface area (Å²) in [7, 11) is -3.96. The third kappa shape index (κ3) is 5.78. The van der Waals surface area contributed by atoms with Gasteiger partial charge in [-0.05, 0) is 37.8 Å². The highest BCUT2D eigenvalue weighted by Gasteiger charge is 2.31. The summed E-state index contributed by atoms with van der Waals surface area (Å²) >= 11 is 0. The SMILES string of the molecule is O=C(O)CS(=O)(=O)N1CCN(c2cnn(-c3cc(F)cc(F)c3)c(=O)c2OC2CCCCC2)CC1. The number of aliphatic carboxylic acids is 1. The van der Waals surface area contributed by atoms with Gasteiger partial charge >= 0.3 is 11.5 Å². The molecule has 4 rings (SSSR count). The normalized spacial score (nSPS) is 17.9. The standard InChI is InChI=1S/C22H26F2N4O6S/c23-15-10-16(24)12-17(11-15)28-22(31)21(34-18-4-2-1-3-5-18)19(13-25-28)26-6-8-27(9-7-26)35(32,33)14-20(29)30/h10-13,18H,1-9,14H2,(H,29,30). The maximum absolute atomic E-state index is 13.8. The van der Waals surface area contributed by atoms with Crippen molar-refractivity contribution in [2.45, 2.75) is 38.2 Å². The monoisotopic (exact) mass is 512 g/mol. The lowest BCUT2D eigenvalue weighted by molar-refractivity contribution is -0.134. The average molecular weight is 513 g/mol. The molecule has 2 aliphatic rings. The molecule has 190 valence electrons. The molecule has 0 atom stereocenters. The van der Waals surface area contributed by atoms with Gasteiger partial charge in [0.05, 0.1) is 18.0 Å². The highest BCUT2D eigenvalue weighted by molar-refractivity contribution is 7.89. The van der Waals surface area contributed by atoms with Crippen LogP contribution < -0.4 is 15.2 Å². The van der Waals surface area contributed by atoms with Crippen LogP contribution in [0.2, 0.25) is 0 Å². The summed E-state index contributed by atoms with van der Waals surface area (Å²) in [5, 5.41) is 13.0. The lowest BCUT2D eigenvalue weighted by Gasteiger charge is -2.36. The van der Waals surface area contributed by atoms with Gasteiger partial charge in [-0.1, -0.05) is 6.42 Å². The molecule has 1 saturated heterocycles. The van der Waals surface area contributed by atoms with E-state index >= 15 is 0 Å². The quantitative estimate of drug-likeness (QED) is 0.596. The molecule has 13 heteroatoms. The fourth-order valence-electron chi connectivity index (χ4n) is 4.41. The van der Waals surface area contributed by atoms with Crippen LogP contribution in [-0.4, -0.2) is 71.6 Å².